The Morgan fingerprint density at radius 1 is 0.926 bits per heavy atom. The van der Waals surface area contributed by atoms with Crippen molar-refractivity contribution in [3.05, 3.63) is 59.2 Å². The minimum Gasteiger partial charge on any atom is -0.491 e. The zero-order chi connectivity index (χ0) is 19.4. The van der Waals surface area contributed by atoms with Gasteiger partial charge in [0.25, 0.3) is 0 Å². The van der Waals surface area contributed by atoms with Gasteiger partial charge in [0.2, 0.25) is 0 Å². The van der Waals surface area contributed by atoms with Crippen LogP contribution in [0.5, 0.6) is 5.75 Å². The van der Waals surface area contributed by atoms with Crippen LogP contribution in [0.4, 0.5) is 8.78 Å². The topological polar surface area (TPSA) is 43.4 Å². The Kier molecular flexibility index (Phi) is 4.14. The molecule has 2 aliphatic rings. The molecule has 1 spiro atoms. The molecule has 0 aromatic heterocycles. The number of benzene rings is 2. The molecule has 0 bridgehead atoms. The number of rotatable bonds is 4. The number of sulfone groups is 1. The summed E-state index contributed by atoms with van der Waals surface area (Å²) in [6.07, 6.45) is 4.99. The lowest BCUT2D eigenvalue weighted by atomic mass is 9.97. The lowest BCUT2D eigenvalue weighted by Crippen LogP contribution is -1.97. The molecule has 1 fully saturated rings. The average Bonchev–Trinajstić information content (AvgIpc) is 3.24. The third kappa shape index (κ3) is 3.27. The van der Waals surface area contributed by atoms with Crippen LogP contribution in [0.2, 0.25) is 0 Å². The number of hydrogen-bond donors (Lipinski definition) is 0. The third-order valence-electron chi connectivity index (χ3n) is 5.61. The van der Waals surface area contributed by atoms with Gasteiger partial charge in [0.15, 0.2) is 27.2 Å². The molecule has 1 saturated carbocycles. The smallest absolute Gasteiger partial charge is 0.190 e. The Morgan fingerprint density at radius 2 is 1.44 bits per heavy atom. The summed E-state index contributed by atoms with van der Waals surface area (Å²) >= 11 is 0. The summed E-state index contributed by atoms with van der Waals surface area (Å²) < 4.78 is 56.6. The zero-order valence-corrected chi connectivity index (χ0v) is 16.0. The maximum atomic E-state index is 14.2. The summed E-state index contributed by atoms with van der Waals surface area (Å²) in [6.45, 7) is 0. The molecule has 2 aromatic carbocycles. The van der Waals surface area contributed by atoms with Crippen molar-refractivity contribution in [1.29, 1.82) is 0 Å². The second kappa shape index (κ2) is 6.16. The van der Waals surface area contributed by atoms with Crippen molar-refractivity contribution in [2.24, 2.45) is 5.41 Å². The van der Waals surface area contributed by atoms with E-state index in [0.717, 1.165) is 42.4 Å². The molecule has 0 atom stereocenters. The Hall–Kier alpha value is -2.21. The molecule has 0 unspecified atom stereocenters. The fraction of sp³-hybridized carbons (Fsp3) is 0.333. The van der Waals surface area contributed by atoms with E-state index >= 15 is 0 Å². The monoisotopic (exact) mass is 390 g/mol. The molecule has 0 saturated heterocycles. The van der Waals surface area contributed by atoms with Gasteiger partial charge in [0, 0.05) is 6.26 Å². The SMILES string of the molecule is COc1c(F)cc(C2=C(c3ccc(S(C)(=O)=O)cc3)CC3(CC3)C2)cc1F. The van der Waals surface area contributed by atoms with Gasteiger partial charge < -0.3 is 4.74 Å². The molecule has 0 N–H and O–H groups in total. The molecule has 142 valence electrons. The molecule has 2 aliphatic carbocycles. The van der Waals surface area contributed by atoms with Crippen LogP contribution in [0.3, 0.4) is 0 Å². The molecular formula is C21H20F2O3S. The van der Waals surface area contributed by atoms with Crippen LogP contribution >= 0.6 is 0 Å². The number of methoxy groups -OCH3 is 1. The molecule has 2 aromatic rings. The van der Waals surface area contributed by atoms with Gasteiger partial charge in [-0.25, -0.2) is 17.2 Å². The standard InChI is InChI=1S/C21H20F2O3S/c1-26-20-18(22)9-14(10-19(20)23)17-12-21(7-8-21)11-16(17)13-3-5-15(6-4-13)27(2,24)25/h3-6,9-10H,7-8,11-12H2,1-2H3. The predicted octanol–water partition coefficient (Wildman–Crippen LogP) is 4.86. The second-order valence-electron chi connectivity index (χ2n) is 7.58. The van der Waals surface area contributed by atoms with Gasteiger partial charge in [0.05, 0.1) is 12.0 Å². The van der Waals surface area contributed by atoms with Crippen molar-refractivity contribution in [2.45, 2.75) is 30.6 Å². The lowest BCUT2D eigenvalue weighted by molar-refractivity contribution is 0.359. The first kappa shape index (κ1) is 18.2. The molecule has 0 amide bonds. The van der Waals surface area contributed by atoms with Gasteiger partial charge in [-0.15, -0.1) is 0 Å². The molecular weight excluding hydrogens is 370 g/mol. The first-order chi connectivity index (χ1) is 12.7. The largest absolute Gasteiger partial charge is 0.491 e. The summed E-state index contributed by atoms with van der Waals surface area (Å²) in [4.78, 5) is 0.258. The van der Waals surface area contributed by atoms with Gasteiger partial charge in [-0.2, -0.15) is 0 Å². The van der Waals surface area contributed by atoms with E-state index in [1.54, 1.807) is 24.3 Å². The second-order valence-corrected chi connectivity index (χ2v) is 9.60. The molecule has 6 heteroatoms. The normalized spacial score (nSPS) is 18.2. The van der Waals surface area contributed by atoms with Crippen LogP contribution in [0.15, 0.2) is 41.3 Å². The first-order valence-corrected chi connectivity index (χ1v) is 10.7. The Balaban J connectivity index is 1.81. The Bertz CT molecular complexity index is 1030. The van der Waals surface area contributed by atoms with E-state index in [9.17, 15) is 17.2 Å². The maximum absolute atomic E-state index is 14.2. The van der Waals surface area contributed by atoms with Crippen LogP contribution in [-0.4, -0.2) is 21.8 Å². The minimum atomic E-state index is -3.27. The van der Waals surface area contributed by atoms with Gasteiger partial charge in [-0.3, -0.25) is 0 Å². The van der Waals surface area contributed by atoms with Gasteiger partial charge in [0.1, 0.15) is 0 Å². The predicted molar refractivity (Wildman–Crippen MR) is 100 cm³/mol. The Labute approximate surface area is 157 Å². The van der Waals surface area contributed by atoms with E-state index < -0.39 is 21.5 Å². The van der Waals surface area contributed by atoms with Crippen molar-refractivity contribution in [3.63, 3.8) is 0 Å². The van der Waals surface area contributed by atoms with E-state index in [1.807, 2.05) is 0 Å². The number of hydrogen-bond acceptors (Lipinski definition) is 3. The van der Waals surface area contributed by atoms with E-state index in [0.29, 0.717) is 5.56 Å². The minimum absolute atomic E-state index is 0.188. The zero-order valence-electron chi connectivity index (χ0n) is 15.2. The highest BCUT2D eigenvalue weighted by atomic mass is 32.2. The number of halogens is 2. The highest BCUT2D eigenvalue weighted by molar-refractivity contribution is 7.90. The average molecular weight is 390 g/mol. The molecule has 3 nitrogen and oxygen atoms in total. The third-order valence-corrected chi connectivity index (χ3v) is 6.74. The van der Waals surface area contributed by atoms with Crippen molar-refractivity contribution in [2.75, 3.05) is 13.4 Å². The summed E-state index contributed by atoms with van der Waals surface area (Å²) in [7, 11) is -2.03. The molecule has 27 heavy (non-hydrogen) atoms. The van der Waals surface area contributed by atoms with E-state index in [1.165, 1.54) is 25.5 Å². The number of allylic oxidation sites excluding steroid dienone is 2. The summed E-state index contributed by atoms with van der Waals surface area (Å²) in [6, 6.07) is 9.38. The summed E-state index contributed by atoms with van der Waals surface area (Å²) in [5.74, 6) is -1.82. The number of ether oxygens (including phenoxy) is 1. The summed E-state index contributed by atoms with van der Waals surface area (Å²) in [5.41, 5.74) is 3.58. The molecule has 0 heterocycles. The quantitative estimate of drug-likeness (QED) is 0.749. The van der Waals surface area contributed by atoms with E-state index in [4.69, 9.17) is 4.74 Å². The summed E-state index contributed by atoms with van der Waals surface area (Å²) in [5, 5.41) is 0. The molecule has 4 rings (SSSR count). The Morgan fingerprint density at radius 3 is 1.89 bits per heavy atom. The van der Waals surface area contributed by atoms with E-state index in [-0.39, 0.29) is 16.1 Å². The van der Waals surface area contributed by atoms with Crippen molar-refractivity contribution in [3.8, 4) is 5.75 Å². The van der Waals surface area contributed by atoms with Gasteiger partial charge in [-0.05, 0) is 77.6 Å². The van der Waals surface area contributed by atoms with E-state index in [2.05, 4.69) is 0 Å². The highest BCUT2D eigenvalue weighted by Crippen LogP contribution is 2.63. The van der Waals surface area contributed by atoms with Crippen LogP contribution in [-0.2, 0) is 9.84 Å². The van der Waals surface area contributed by atoms with Gasteiger partial charge in [-0.1, -0.05) is 12.1 Å². The maximum Gasteiger partial charge on any atom is 0.190 e. The van der Waals surface area contributed by atoms with Crippen molar-refractivity contribution < 1.29 is 21.9 Å². The van der Waals surface area contributed by atoms with Crippen LogP contribution in [0.1, 0.15) is 36.8 Å². The molecule has 0 aliphatic heterocycles. The lowest BCUT2D eigenvalue weighted by Gasteiger charge is -2.11. The highest BCUT2D eigenvalue weighted by Gasteiger charge is 2.48. The van der Waals surface area contributed by atoms with Crippen molar-refractivity contribution >= 4 is 21.0 Å². The van der Waals surface area contributed by atoms with Crippen LogP contribution in [0, 0.1) is 17.0 Å². The van der Waals surface area contributed by atoms with Gasteiger partial charge >= 0.3 is 0 Å². The fourth-order valence-corrected chi connectivity index (χ4v) is 4.57. The first-order valence-electron chi connectivity index (χ1n) is 8.78. The van der Waals surface area contributed by atoms with Crippen molar-refractivity contribution in [1.82, 2.24) is 0 Å². The van der Waals surface area contributed by atoms with Crippen LogP contribution < -0.4 is 4.74 Å². The fourth-order valence-electron chi connectivity index (χ4n) is 3.94. The van der Waals surface area contributed by atoms with Crippen LogP contribution in [0.25, 0.3) is 11.1 Å². The molecule has 0 radical (unpaired) electrons.